The fraction of sp³-hybridized carbons (Fsp3) is 0.364. The first kappa shape index (κ1) is 15.6. The topological polar surface area (TPSA) is 113 Å². The molecule has 0 amide bonds. The summed E-state index contributed by atoms with van der Waals surface area (Å²) in [6, 6.07) is 4.26. The third kappa shape index (κ3) is 4.00. The summed E-state index contributed by atoms with van der Waals surface area (Å²) < 4.78 is 30.5. The Balaban J connectivity index is 3.05. The Morgan fingerprint density at radius 3 is 2.53 bits per heavy atom. The second-order valence-corrected chi connectivity index (χ2v) is 5.42. The molecule has 8 heteroatoms. The maximum absolute atomic E-state index is 11.9. The highest BCUT2D eigenvalue weighted by Gasteiger charge is 2.20. The molecule has 0 atom stereocenters. The van der Waals surface area contributed by atoms with Crippen molar-refractivity contribution >= 4 is 16.0 Å². The van der Waals surface area contributed by atoms with Crippen molar-refractivity contribution in [3.8, 4) is 0 Å². The van der Waals surface area contributed by atoms with Crippen molar-refractivity contribution in [3.63, 3.8) is 0 Å². The van der Waals surface area contributed by atoms with E-state index in [1.54, 1.807) is 0 Å². The van der Waals surface area contributed by atoms with Crippen LogP contribution in [0.2, 0.25) is 0 Å². The molecule has 7 nitrogen and oxygen atoms in total. The first-order valence-electron chi connectivity index (χ1n) is 5.37. The van der Waals surface area contributed by atoms with Gasteiger partial charge in [-0.25, -0.2) is 17.9 Å². The second-order valence-electron chi connectivity index (χ2n) is 3.70. The minimum Gasteiger partial charge on any atom is -0.465 e. The van der Waals surface area contributed by atoms with Gasteiger partial charge >= 0.3 is 5.97 Å². The lowest BCUT2D eigenvalue weighted by Gasteiger charge is -2.14. The van der Waals surface area contributed by atoms with Crippen molar-refractivity contribution < 1.29 is 28.2 Å². The number of hydrogen-bond acceptors (Lipinski definition) is 6. The molecule has 3 N–H and O–H groups in total. The Bertz CT molecular complexity index is 538. The van der Waals surface area contributed by atoms with Crippen molar-refractivity contribution in [2.75, 3.05) is 20.3 Å². The van der Waals surface area contributed by atoms with E-state index in [4.69, 9.17) is 10.2 Å². The molecule has 0 saturated carbocycles. The number of rotatable bonds is 6. The lowest BCUT2D eigenvalue weighted by atomic mass is 10.2. The molecule has 0 fully saturated rings. The van der Waals surface area contributed by atoms with Gasteiger partial charge in [0.1, 0.15) is 0 Å². The monoisotopic (exact) mass is 289 g/mol. The van der Waals surface area contributed by atoms with Crippen LogP contribution < -0.4 is 4.72 Å². The van der Waals surface area contributed by atoms with Crippen molar-refractivity contribution in [3.05, 3.63) is 29.8 Å². The average molecular weight is 289 g/mol. The smallest absolute Gasteiger partial charge is 0.337 e. The van der Waals surface area contributed by atoms with Crippen LogP contribution in [0.15, 0.2) is 29.2 Å². The summed E-state index contributed by atoms with van der Waals surface area (Å²) in [6.07, 6.45) is 0. The third-order valence-corrected chi connectivity index (χ3v) is 3.85. The second kappa shape index (κ2) is 6.62. The van der Waals surface area contributed by atoms with Gasteiger partial charge < -0.3 is 14.9 Å². The number of benzene rings is 1. The van der Waals surface area contributed by atoms with E-state index in [0.29, 0.717) is 0 Å². The van der Waals surface area contributed by atoms with Gasteiger partial charge in [0, 0.05) is 0 Å². The van der Waals surface area contributed by atoms with Crippen LogP contribution in [0.25, 0.3) is 0 Å². The summed E-state index contributed by atoms with van der Waals surface area (Å²) in [5.74, 6) is -0.655. The molecule has 19 heavy (non-hydrogen) atoms. The van der Waals surface area contributed by atoms with Crippen LogP contribution >= 0.6 is 0 Å². The Morgan fingerprint density at radius 2 is 2.00 bits per heavy atom. The zero-order chi connectivity index (χ0) is 14.5. The molecular formula is C11H15NO6S. The number of hydrogen-bond donors (Lipinski definition) is 3. The molecule has 0 radical (unpaired) electrons. The van der Waals surface area contributed by atoms with E-state index in [2.05, 4.69) is 9.46 Å². The molecule has 0 aliphatic heterocycles. The molecule has 0 saturated heterocycles. The van der Waals surface area contributed by atoms with Gasteiger partial charge in [-0.1, -0.05) is 6.07 Å². The highest BCUT2D eigenvalue weighted by Crippen LogP contribution is 2.12. The maximum Gasteiger partial charge on any atom is 0.337 e. The largest absolute Gasteiger partial charge is 0.465 e. The molecule has 0 aliphatic carbocycles. The minimum absolute atomic E-state index is 0.0925. The number of carbonyl (C=O) groups excluding carboxylic acids is 1. The molecule has 0 bridgehead atoms. The molecule has 1 aromatic rings. The molecule has 0 spiro atoms. The fourth-order valence-electron chi connectivity index (χ4n) is 1.33. The Hall–Kier alpha value is -1.48. The maximum atomic E-state index is 11.9. The summed E-state index contributed by atoms with van der Waals surface area (Å²) in [7, 11) is -2.74. The molecule has 0 aliphatic rings. The zero-order valence-electron chi connectivity index (χ0n) is 10.2. The first-order chi connectivity index (χ1) is 8.94. The summed E-state index contributed by atoms with van der Waals surface area (Å²) in [5, 5.41) is 17.7. The normalized spacial score (nSPS) is 11.6. The van der Waals surface area contributed by atoms with Crippen LogP contribution in [0.1, 0.15) is 10.4 Å². The molecular weight excluding hydrogens is 274 g/mol. The number of methoxy groups -OCH3 is 1. The Morgan fingerprint density at radius 1 is 1.37 bits per heavy atom. The van der Waals surface area contributed by atoms with Crippen LogP contribution in [-0.2, 0) is 14.8 Å². The minimum atomic E-state index is -3.93. The van der Waals surface area contributed by atoms with Gasteiger partial charge in [0.05, 0.1) is 36.8 Å². The molecule has 1 rings (SSSR count). The zero-order valence-corrected chi connectivity index (χ0v) is 11.1. The van der Waals surface area contributed by atoms with E-state index < -0.39 is 35.2 Å². The number of esters is 1. The average Bonchev–Trinajstić information content (AvgIpc) is 2.44. The third-order valence-electron chi connectivity index (χ3n) is 2.33. The van der Waals surface area contributed by atoms with Crippen molar-refractivity contribution in [1.29, 1.82) is 0 Å². The van der Waals surface area contributed by atoms with E-state index >= 15 is 0 Å². The number of ether oxygens (including phenoxy) is 1. The van der Waals surface area contributed by atoms with Crippen molar-refractivity contribution in [2.45, 2.75) is 10.9 Å². The highest BCUT2D eigenvalue weighted by molar-refractivity contribution is 7.89. The van der Waals surface area contributed by atoms with Gasteiger partial charge in [0.15, 0.2) is 0 Å². The summed E-state index contributed by atoms with van der Waals surface area (Å²) in [6.45, 7) is -1.07. The van der Waals surface area contributed by atoms with E-state index in [1.165, 1.54) is 25.3 Å². The van der Waals surface area contributed by atoms with Crippen LogP contribution in [0.5, 0.6) is 0 Å². The Kier molecular flexibility index (Phi) is 5.43. The lowest BCUT2D eigenvalue weighted by Crippen LogP contribution is -2.40. The van der Waals surface area contributed by atoms with Gasteiger partial charge in [-0.05, 0) is 18.2 Å². The van der Waals surface area contributed by atoms with Gasteiger partial charge in [0.2, 0.25) is 10.0 Å². The van der Waals surface area contributed by atoms with Gasteiger partial charge in [-0.2, -0.15) is 0 Å². The van der Waals surface area contributed by atoms with Crippen LogP contribution in [-0.4, -0.2) is 51.0 Å². The molecule has 0 heterocycles. The lowest BCUT2D eigenvalue weighted by molar-refractivity contribution is 0.0600. The number of aliphatic hydroxyl groups excluding tert-OH is 2. The van der Waals surface area contributed by atoms with Crippen molar-refractivity contribution in [1.82, 2.24) is 4.72 Å². The molecule has 0 aromatic heterocycles. The number of nitrogens with one attached hydrogen (secondary N) is 1. The fourth-order valence-corrected chi connectivity index (χ4v) is 2.59. The molecule has 0 unspecified atom stereocenters. The van der Waals surface area contributed by atoms with E-state index in [0.717, 1.165) is 6.07 Å². The van der Waals surface area contributed by atoms with Gasteiger partial charge in [-0.3, -0.25) is 0 Å². The number of sulfonamides is 1. The van der Waals surface area contributed by atoms with Crippen LogP contribution in [0, 0.1) is 0 Å². The first-order valence-corrected chi connectivity index (χ1v) is 6.85. The molecule has 1 aromatic carbocycles. The standard InChI is InChI=1S/C11H15NO6S/c1-18-11(15)8-3-2-4-10(5-8)19(16,17)12-9(6-13)7-14/h2-5,9,12-14H,6-7H2,1H3. The summed E-state index contributed by atoms with van der Waals surface area (Å²) in [4.78, 5) is 11.2. The van der Waals surface area contributed by atoms with E-state index in [9.17, 15) is 13.2 Å². The summed E-state index contributed by atoms with van der Waals surface area (Å²) in [5.41, 5.74) is 0.0925. The molecule has 106 valence electrons. The highest BCUT2D eigenvalue weighted by atomic mass is 32.2. The van der Waals surface area contributed by atoms with Crippen LogP contribution in [0.3, 0.4) is 0 Å². The van der Waals surface area contributed by atoms with Gasteiger partial charge in [-0.15, -0.1) is 0 Å². The quantitative estimate of drug-likeness (QED) is 0.585. The van der Waals surface area contributed by atoms with Crippen molar-refractivity contribution in [2.24, 2.45) is 0 Å². The Labute approximate surface area is 110 Å². The van der Waals surface area contributed by atoms with Crippen LogP contribution in [0.4, 0.5) is 0 Å². The summed E-state index contributed by atoms with van der Waals surface area (Å²) >= 11 is 0. The predicted molar refractivity (Wildman–Crippen MR) is 66.1 cm³/mol. The number of aliphatic hydroxyl groups is 2. The SMILES string of the molecule is COC(=O)c1cccc(S(=O)(=O)NC(CO)CO)c1. The predicted octanol–water partition coefficient (Wildman–Crippen LogP) is -0.895. The van der Waals surface area contributed by atoms with Gasteiger partial charge in [0.25, 0.3) is 0 Å². The van der Waals surface area contributed by atoms with E-state index in [1.807, 2.05) is 0 Å². The van der Waals surface area contributed by atoms with E-state index in [-0.39, 0.29) is 10.5 Å². The number of carbonyl (C=O) groups is 1.